The minimum absolute atomic E-state index is 0.315. The van der Waals surface area contributed by atoms with Crippen molar-refractivity contribution in [2.45, 2.75) is 13.5 Å². The standard InChI is InChI=1S/C12H14BrN5O/c1-8-4-3-5-9(10(8)13)6-14-12(19)17-11-15-7-16-18(11)2/h3-5,7H,6H2,1-2H3,(H2,14,15,16,17,19). The molecule has 0 saturated heterocycles. The van der Waals surface area contributed by atoms with Gasteiger partial charge in [-0.05, 0) is 18.1 Å². The first kappa shape index (κ1) is 13.5. The summed E-state index contributed by atoms with van der Waals surface area (Å²) >= 11 is 3.50. The molecule has 0 aliphatic carbocycles. The number of carbonyl (C=O) groups is 1. The minimum Gasteiger partial charge on any atom is -0.334 e. The van der Waals surface area contributed by atoms with Gasteiger partial charge in [-0.25, -0.2) is 9.48 Å². The number of anilines is 1. The van der Waals surface area contributed by atoms with Crippen molar-refractivity contribution in [1.29, 1.82) is 0 Å². The maximum atomic E-state index is 11.7. The van der Waals surface area contributed by atoms with Crippen molar-refractivity contribution < 1.29 is 4.79 Å². The van der Waals surface area contributed by atoms with E-state index in [2.05, 4.69) is 36.6 Å². The van der Waals surface area contributed by atoms with Crippen molar-refractivity contribution in [3.63, 3.8) is 0 Å². The first-order chi connectivity index (χ1) is 9.08. The van der Waals surface area contributed by atoms with Crippen LogP contribution in [0.2, 0.25) is 0 Å². The number of amides is 2. The van der Waals surface area contributed by atoms with Crippen molar-refractivity contribution >= 4 is 27.9 Å². The van der Waals surface area contributed by atoms with E-state index in [1.807, 2.05) is 25.1 Å². The Labute approximate surface area is 119 Å². The summed E-state index contributed by atoms with van der Waals surface area (Å²) in [4.78, 5) is 15.6. The number of benzene rings is 1. The largest absolute Gasteiger partial charge is 0.334 e. The number of urea groups is 1. The number of nitrogens with zero attached hydrogens (tertiary/aromatic N) is 3. The third-order valence-corrected chi connectivity index (χ3v) is 3.78. The van der Waals surface area contributed by atoms with Crippen LogP contribution in [0.1, 0.15) is 11.1 Å². The number of carbonyl (C=O) groups excluding carboxylic acids is 1. The predicted molar refractivity (Wildman–Crippen MR) is 75.7 cm³/mol. The fraction of sp³-hybridized carbons (Fsp3) is 0.250. The summed E-state index contributed by atoms with van der Waals surface area (Å²) in [5.74, 6) is 0.404. The molecule has 6 nitrogen and oxygen atoms in total. The second-order valence-corrected chi connectivity index (χ2v) is 4.86. The van der Waals surface area contributed by atoms with E-state index in [0.29, 0.717) is 12.5 Å². The van der Waals surface area contributed by atoms with Crippen LogP contribution in [0.3, 0.4) is 0 Å². The summed E-state index contributed by atoms with van der Waals surface area (Å²) in [5, 5.41) is 9.26. The molecule has 2 rings (SSSR count). The first-order valence-electron chi connectivity index (χ1n) is 5.71. The maximum absolute atomic E-state index is 11.7. The topological polar surface area (TPSA) is 71.8 Å². The summed E-state index contributed by atoms with van der Waals surface area (Å²) in [5.41, 5.74) is 2.15. The molecule has 2 aromatic rings. The second-order valence-electron chi connectivity index (χ2n) is 4.06. The van der Waals surface area contributed by atoms with Gasteiger partial charge in [-0.15, -0.1) is 0 Å². The van der Waals surface area contributed by atoms with Gasteiger partial charge in [0, 0.05) is 18.1 Å². The van der Waals surface area contributed by atoms with Gasteiger partial charge in [0.2, 0.25) is 5.95 Å². The quantitative estimate of drug-likeness (QED) is 0.909. The van der Waals surface area contributed by atoms with Crippen LogP contribution in [0.4, 0.5) is 10.7 Å². The Hall–Kier alpha value is -1.89. The van der Waals surface area contributed by atoms with Gasteiger partial charge >= 0.3 is 6.03 Å². The molecule has 0 bridgehead atoms. The molecule has 0 atom stereocenters. The minimum atomic E-state index is -0.315. The van der Waals surface area contributed by atoms with Crippen molar-refractivity contribution in [2.75, 3.05) is 5.32 Å². The zero-order chi connectivity index (χ0) is 13.8. The number of rotatable bonds is 3. The fourth-order valence-electron chi connectivity index (χ4n) is 1.58. The lowest BCUT2D eigenvalue weighted by molar-refractivity contribution is 0.251. The molecule has 0 saturated carbocycles. The summed E-state index contributed by atoms with van der Waals surface area (Å²) in [6, 6.07) is 5.61. The number of aryl methyl sites for hydroxylation is 2. The third-order valence-electron chi connectivity index (χ3n) is 2.65. The first-order valence-corrected chi connectivity index (χ1v) is 6.50. The van der Waals surface area contributed by atoms with Gasteiger partial charge < -0.3 is 5.32 Å². The molecule has 19 heavy (non-hydrogen) atoms. The van der Waals surface area contributed by atoms with Crippen LogP contribution in [-0.4, -0.2) is 20.8 Å². The number of halogens is 1. The highest BCUT2D eigenvalue weighted by atomic mass is 79.9. The smallest absolute Gasteiger partial charge is 0.321 e. The van der Waals surface area contributed by atoms with E-state index in [9.17, 15) is 4.79 Å². The third kappa shape index (κ3) is 3.31. The van der Waals surface area contributed by atoms with Crippen LogP contribution >= 0.6 is 15.9 Å². The molecule has 1 heterocycles. The van der Waals surface area contributed by atoms with Gasteiger partial charge in [0.15, 0.2) is 0 Å². The van der Waals surface area contributed by atoms with Crippen molar-refractivity contribution in [3.05, 3.63) is 40.1 Å². The Balaban J connectivity index is 1.94. The van der Waals surface area contributed by atoms with E-state index in [4.69, 9.17) is 0 Å². The Morgan fingerprint density at radius 1 is 1.47 bits per heavy atom. The second kappa shape index (κ2) is 5.83. The summed E-state index contributed by atoms with van der Waals surface area (Å²) < 4.78 is 2.50. The van der Waals surface area contributed by atoms with Crippen LogP contribution < -0.4 is 10.6 Å². The summed E-state index contributed by atoms with van der Waals surface area (Å²) in [7, 11) is 1.71. The van der Waals surface area contributed by atoms with E-state index >= 15 is 0 Å². The van der Waals surface area contributed by atoms with Crippen LogP contribution in [0, 0.1) is 6.92 Å². The zero-order valence-corrected chi connectivity index (χ0v) is 12.2. The Kier molecular flexibility index (Phi) is 4.16. The average molecular weight is 324 g/mol. The molecule has 100 valence electrons. The number of hydrogen-bond donors (Lipinski definition) is 2. The van der Waals surface area contributed by atoms with Crippen molar-refractivity contribution in [3.8, 4) is 0 Å². The maximum Gasteiger partial charge on any atom is 0.321 e. The Bertz CT molecular complexity index is 596. The highest BCUT2D eigenvalue weighted by Gasteiger charge is 2.07. The molecule has 0 radical (unpaired) electrons. The lowest BCUT2D eigenvalue weighted by atomic mass is 10.1. The van der Waals surface area contributed by atoms with Crippen molar-refractivity contribution in [1.82, 2.24) is 20.1 Å². The fourth-order valence-corrected chi connectivity index (χ4v) is 1.98. The molecule has 7 heteroatoms. The van der Waals surface area contributed by atoms with Gasteiger partial charge in [0.1, 0.15) is 6.33 Å². The lowest BCUT2D eigenvalue weighted by Crippen LogP contribution is -2.29. The molecule has 2 N–H and O–H groups in total. The zero-order valence-electron chi connectivity index (χ0n) is 10.6. The van der Waals surface area contributed by atoms with Gasteiger partial charge in [0.25, 0.3) is 0 Å². The predicted octanol–water partition coefficient (Wildman–Crippen LogP) is 2.21. The number of aromatic nitrogens is 3. The van der Waals surface area contributed by atoms with Gasteiger partial charge in [0.05, 0.1) is 0 Å². The van der Waals surface area contributed by atoms with Gasteiger partial charge in [-0.3, -0.25) is 5.32 Å². The number of nitrogens with one attached hydrogen (secondary N) is 2. The van der Waals surface area contributed by atoms with Gasteiger partial charge in [-0.1, -0.05) is 34.1 Å². The molecule has 0 fully saturated rings. The SMILES string of the molecule is Cc1cccc(CNC(=O)Nc2ncnn2C)c1Br. The van der Waals surface area contributed by atoms with Crippen LogP contribution in [0.15, 0.2) is 29.0 Å². The molecule has 1 aromatic heterocycles. The van der Waals surface area contributed by atoms with Crippen LogP contribution in [0.25, 0.3) is 0 Å². The van der Waals surface area contributed by atoms with Crippen LogP contribution in [0.5, 0.6) is 0 Å². The highest BCUT2D eigenvalue weighted by molar-refractivity contribution is 9.10. The summed E-state index contributed by atoms with van der Waals surface area (Å²) in [6.45, 7) is 2.44. The molecule has 1 aromatic carbocycles. The Morgan fingerprint density at radius 3 is 2.95 bits per heavy atom. The highest BCUT2D eigenvalue weighted by Crippen LogP contribution is 2.20. The Morgan fingerprint density at radius 2 is 2.26 bits per heavy atom. The molecular weight excluding hydrogens is 310 g/mol. The average Bonchev–Trinajstić information content (AvgIpc) is 2.77. The van der Waals surface area contributed by atoms with E-state index in [-0.39, 0.29) is 6.03 Å². The lowest BCUT2D eigenvalue weighted by Gasteiger charge is -2.09. The summed E-state index contributed by atoms with van der Waals surface area (Å²) in [6.07, 6.45) is 1.38. The monoisotopic (exact) mass is 323 g/mol. The van der Waals surface area contributed by atoms with E-state index < -0.39 is 0 Å². The number of hydrogen-bond acceptors (Lipinski definition) is 3. The molecule has 2 amide bonds. The van der Waals surface area contributed by atoms with E-state index in [0.717, 1.165) is 15.6 Å². The van der Waals surface area contributed by atoms with Crippen LogP contribution in [-0.2, 0) is 13.6 Å². The molecule has 0 aliphatic heterocycles. The molecule has 0 spiro atoms. The molecule has 0 aliphatic rings. The van der Waals surface area contributed by atoms with Crippen molar-refractivity contribution in [2.24, 2.45) is 7.05 Å². The van der Waals surface area contributed by atoms with Gasteiger partial charge in [-0.2, -0.15) is 10.1 Å². The molecule has 0 unspecified atom stereocenters. The normalized spacial score (nSPS) is 10.3. The van der Waals surface area contributed by atoms with E-state index in [1.54, 1.807) is 7.05 Å². The molecular formula is C12H14BrN5O. The van der Waals surface area contributed by atoms with E-state index in [1.165, 1.54) is 11.0 Å².